The van der Waals surface area contributed by atoms with E-state index in [1.54, 1.807) is 0 Å². The Morgan fingerprint density at radius 2 is 2.00 bits per heavy atom. The predicted octanol–water partition coefficient (Wildman–Crippen LogP) is 2.34. The van der Waals surface area contributed by atoms with Crippen molar-refractivity contribution in [2.24, 2.45) is 0 Å². The van der Waals surface area contributed by atoms with Gasteiger partial charge >= 0.3 is 0 Å². The minimum atomic E-state index is -2.00. The van der Waals surface area contributed by atoms with E-state index in [1.165, 1.54) is 11.2 Å². The van der Waals surface area contributed by atoms with Gasteiger partial charge < -0.3 is 4.90 Å². The Balaban J connectivity index is 1.97. The maximum absolute atomic E-state index is 13.8. The molecule has 0 bridgehead atoms. The second kappa shape index (κ2) is 5.39. The molecule has 1 N–H and O–H groups in total. The van der Waals surface area contributed by atoms with Crippen molar-refractivity contribution in [3.63, 3.8) is 0 Å². The number of nitrogens with one attached hydrogen (secondary N) is 1. The zero-order chi connectivity index (χ0) is 15.9. The van der Waals surface area contributed by atoms with Crippen LogP contribution in [0.15, 0.2) is 12.4 Å². The first kappa shape index (κ1) is 14.5. The first-order valence-corrected chi connectivity index (χ1v) is 6.50. The number of carbonyl (C=O) groups excluding carboxylic acids is 1. The molecule has 1 amide bonds. The maximum atomic E-state index is 13.8. The van der Waals surface area contributed by atoms with E-state index < -0.39 is 40.8 Å². The number of hydrogen-bond donors (Lipinski definition) is 1. The van der Waals surface area contributed by atoms with Gasteiger partial charge in [-0.05, 0) is 18.9 Å². The van der Waals surface area contributed by atoms with Gasteiger partial charge in [-0.1, -0.05) is 0 Å². The van der Waals surface area contributed by atoms with Gasteiger partial charge in [0.2, 0.25) is 0 Å². The fourth-order valence-corrected chi connectivity index (χ4v) is 2.55. The van der Waals surface area contributed by atoms with E-state index in [0.717, 1.165) is 0 Å². The Hall–Kier alpha value is -2.45. The summed E-state index contributed by atoms with van der Waals surface area (Å²) in [6.07, 6.45) is 2.42. The molecular weight excluding hydrogens is 304 g/mol. The lowest BCUT2D eigenvalue weighted by Crippen LogP contribution is -2.32. The fraction of sp³-hybridized carbons (Fsp3) is 0.308. The Kier molecular flexibility index (Phi) is 3.55. The van der Waals surface area contributed by atoms with Crippen molar-refractivity contribution in [2.45, 2.75) is 18.9 Å². The average Bonchev–Trinajstić information content (AvgIpc) is 3.17. The Morgan fingerprint density at radius 3 is 2.68 bits per heavy atom. The summed E-state index contributed by atoms with van der Waals surface area (Å²) in [6.45, 7) is 0.268. The molecule has 0 spiro atoms. The van der Waals surface area contributed by atoms with Crippen LogP contribution in [-0.2, 0) is 0 Å². The quantitative estimate of drug-likeness (QED) is 0.526. The summed E-state index contributed by atoms with van der Waals surface area (Å²) in [6, 6.07) is -0.128. The number of carbonyl (C=O) groups is 1. The number of nitrogens with zero attached hydrogens (tertiary/aromatic N) is 3. The summed E-state index contributed by atoms with van der Waals surface area (Å²) in [5.41, 5.74) is -0.845. The number of rotatable bonds is 2. The molecular formula is C13H10F4N4O. The lowest BCUT2D eigenvalue weighted by molar-refractivity contribution is 0.0723. The van der Waals surface area contributed by atoms with Crippen molar-refractivity contribution in [1.82, 2.24) is 20.1 Å². The van der Waals surface area contributed by atoms with E-state index >= 15 is 0 Å². The van der Waals surface area contributed by atoms with Gasteiger partial charge in [0.05, 0.1) is 11.6 Å². The second-order valence-corrected chi connectivity index (χ2v) is 4.88. The van der Waals surface area contributed by atoms with Crippen LogP contribution in [0.25, 0.3) is 0 Å². The third-order valence-corrected chi connectivity index (χ3v) is 3.60. The topological polar surface area (TPSA) is 61.9 Å². The normalized spacial score (nSPS) is 18.0. The van der Waals surface area contributed by atoms with Crippen LogP contribution in [0.5, 0.6) is 0 Å². The number of H-pyrrole nitrogens is 1. The molecule has 116 valence electrons. The van der Waals surface area contributed by atoms with Crippen molar-refractivity contribution in [1.29, 1.82) is 0 Å². The number of halogens is 4. The predicted molar refractivity (Wildman–Crippen MR) is 65.7 cm³/mol. The molecule has 0 aliphatic carbocycles. The number of amides is 1. The van der Waals surface area contributed by atoms with Gasteiger partial charge in [0.25, 0.3) is 5.91 Å². The lowest BCUT2D eigenvalue weighted by atomic mass is 10.1. The van der Waals surface area contributed by atoms with Gasteiger partial charge in [-0.15, -0.1) is 0 Å². The summed E-state index contributed by atoms with van der Waals surface area (Å²) < 4.78 is 53.3. The van der Waals surface area contributed by atoms with Crippen LogP contribution in [0.4, 0.5) is 17.6 Å². The van der Waals surface area contributed by atoms with Gasteiger partial charge in [0.15, 0.2) is 23.3 Å². The van der Waals surface area contributed by atoms with E-state index in [0.29, 0.717) is 24.7 Å². The van der Waals surface area contributed by atoms with Crippen LogP contribution in [-0.4, -0.2) is 32.5 Å². The Labute approximate surface area is 122 Å². The van der Waals surface area contributed by atoms with E-state index in [4.69, 9.17) is 0 Å². The second-order valence-electron chi connectivity index (χ2n) is 4.88. The zero-order valence-electron chi connectivity index (χ0n) is 11.1. The summed E-state index contributed by atoms with van der Waals surface area (Å²) in [7, 11) is 0. The van der Waals surface area contributed by atoms with Crippen molar-refractivity contribution in [3.05, 3.63) is 47.1 Å². The minimum absolute atomic E-state index is 0.268. The lowest BCUT2D eigenvalue weighted by Gasteiger charge is -2.23. The number of likely N-dealkylation sites (tertiary alicyclic amines) is 1. The first-order chi connectivity index (χ1) is 10.5. The summed E-state index contributed by atoms with van der Waals surface area (Å²) in [5.74, 6) is -7.78. The average molecular weight is 314 g/mol. The molecule has 9 heteroatoms. The highest BCUT2D eigenvalue weighted by Crippen LogP contribution is 2.32. The van der Waals surface area contributed by atoms with Gasteiger partial charge in [-0.2, -0.15) is 5.10 Å². The number of benzene rings is 1. The molecule has 1 aromatic carbocycles. The van der Waals surface area contributed by atoms with Crippen molar-refractivity contribution in [3.8, 4) is 0 Å². The van der Waals surface area contributed by atoms with E-state index in [2.05, 4.69) is 15.2 Å². The van der Waals surface area contributed by atoms with Gasteiger partial charge in [0.1, 0.15) is 12.2 Å². The molecule has 1 saturated heterocycles. The summed E-state index contributed by atoms with van der Waals surface area (Å²) in [5, 5.41) is 6.28. The molecule has 2 heterocycles. The molecule has 22 heavy (non-hydrogen) atoms. The molecule has 0 unspecified atom stereocenters. The molecule has 3 rings (SSSR count). The monoisotopic (exact) mass is 314 g/mol. The smallest absolute Gasteiger partial charge is 0.257 e. The van der Waals surface area contributed by atoms with E-state index in [9.17, 15) is 22.4 Å². The van der Waals surface area contributed by atoms with Gasteiger partial charge in [-0.3, -0.25) is 9.89 Å². The highest BCUT2D eigenvalue weighted by molar-refractivity contribution is 5.95. The molecule has 2 aromatic rings. The minimum Gasteiger partial charge on any atom is -0.328 e. The molecule has 0 saturated carbocycles. The van der Waals surface area contributed by atoms with Crippen LogP contribution in [0.2, 0.25) is 0 Å². The highest BCUT2D eigenvalue weighted by Gasteiger charge is 2.35. The van der Waals surface area contributed by atoms with Crippen LogP contribution in [0.1, 0.15) is 35.1 Å². The molecule has 1 aromatic heterocycles. The van der Waals surface area contributed by atoms with Gasteiger partial charge in [-0.25, -0.2) is 22.5 Å². The zero-order valence-corrected chi connectivity index (χ0v) is 11.1. The number of aromatic amines is 1. The third kappa shape index (κ3) is 2.22. The molecule has 1 fully saturated rings. The van der Waals surface area contributed by atoms with Crippen LogP contribution in [0, 0.1) is 23.3 Å². The Morgan fingerprint density at radius 1 is 1.23 bits per heavy atom. The van der Waals surface area contributed by atoms with Crippen molar-refractivity contribution in [2.75, 3.05) is 6.54 Å². The summed E-state index contributed by atoms with van der Waals surface area (Å²) in [4.78, 5) is 17.5. The fourth-order valence-electron chi connectivity index (χ4n) is 2.55. The van der Waals surface area contributed by atoms with Gasteiger partial charge in [0, 0.05) is 6.54 Å². The Bertz CT molecular complexity index is 719. The SMILES string of the molecule is O=C(c1cc(F)c(F)c(F)c1F)N1CCC[C@H]1c1ncn[nH]1. The highest BCUT2D eigenvalue weighted by atomic mass is 19.2. The number of hydrogen-bond acceptors (Lipinski definition) is 3. The molecule has 1 aliphatic heterocycles. The van der Waals surface area contributed by atoms with Crippen LogP contribution < -0.4 is 0 Å². The largest absolute Gasteiger partial charge is 0.328 e. The van der Waals surface area contributed by atoms with E-state index in [-0.39, 0.29) is 6.54 Å². The number of aromatic nitrogens is 3. The van der Waals surface area contributed by atoms with Crippen molar-refractivity contribution < 1.29 is 22.4 Å². The van der Waals surface area contributed by atoms with Crippen LogP contribution in [0.3, 0.4) is 0 Å². The molecule has 1 atom stereocenters. The summed E-state index contributed by atoms with van der Waals surface area (Å²) >= 11 is 0. The van der Waals surface area contributed by atoms with E-state index in [1.807, 2.05) is 0 Å². The standard InChI is InChI=1S/C13H10F4N4O/c14-7-4-6(9(15)11(17)10(7)16)13(22)21-3-1-2-8(21)12-18-5-19-20-12/h4-5,8H,1-3H2,(H,18,19,20)/t8-/m0/s1. The molecule has 5 nitrogen and oxygen atoms in total. The third-order valence-electron chi connectivity index (χ3n) is 3.60. The van der Waals surface area contributed by atoms with Crippen molar-refractivity contribution >= 4 is 5.91 Å². The first-order valence-electron chi connectivity index (χ1n) is 6.50. The molecule has 0 radical (unpaired) electrons. The molecule has 1 aliphatic rings. The maximum Gasteiger partial charge on any atom is 0.257 e. The van der Waals surface area contributed by atoms with Crippen LogP contribution >= 0.6 is 0 Å².